The van der Waals surface area contributed by atoms with Gasteiger partial charge < -0.3 is 30.9 Å². The van der Waals surface area contributed by atoms with Crippen molar-refractivity contribution in [2.45, 2.75) is 50.0 Å². The Morgan fingerprint density at radius 3 is 2.43 bits per heavy atom. The minimum Gasteiger partial charge on any atom is -0.478 e. The zero-order valence-electron chi connectivity index (χ0n) is 16.2. The summed E-state index contributed by atoms with van der Waals surface area (Å²) in [6, 6.07) is 0. The van der Waals surface area contributed by atoms with E-state index in [1.165, 1.54) is 4.57 Å². The summed E-state index contributed by atoms with van der Waals surface area (Å²) in [5, 5.41) is 39.9. The largest absolute Gasteiger partial charge is 0.478 e. The second-order valence-electron chi connectivity index (χ2n) is 7.39. The van der Waals surface area contributed by atoms with Gasteiger partial charge >= 0.3 is 11.5 Å². The highest BCUT2D eigenvalue weighted by Crippen LogP contribution is 2.36. The first-order valence-electron chi connectivity index (χ1n) is 9.06. The average Bonchev–Trinajstić information content (AvgIpc) is 3.20. The van der Waals surface area contributed by atoms with E-state index in [0.717, 1.165) is 4.57 Å². The summed E-state index contributed by atoms with van der Waals surface area (Å²) in [5.41, 5.74) is 8.50. The number of carbonyl (C=O) groups is 1. The Balaban J connectivity index is 2.46. The maximum Gasteiger partial charge on any atom is 0.346 e. The maximum absolute atomic E-state index is 12.5. The Morgan fingerprint density at radius 2 is 1.97 bits per heavy atom. The molecule has 1 aliphatic rings. The first-order valence-corrected chi connectivity index (χ1v) is 9.69. The second kappa shape index (κ2) is 7.79. The Bertz CT molecular complexity index is 1040. The predicted molar refractivity (Wildman–Crippen MR) is 107 cm³/mol. The Morgan fingerprint density at radius 1 is 1.33 bits per heavy atom. The monoisotopic (exact) mass is 444 g/mol. The number of imidazole rings is 1. The van der Waals surface area contributed by atoms with Gasteiger partial charge in [-0.25, -0.2) is 9.78 Å². The van der Waals surface area contributed by atoms with Crippen LogP contribution < -0.4 is 17.0 Å². The average molecular weight is 444 g/mol. The van der Waals surface area contributed by atoms with E-state index in [4.69, 9.17) is 16.2 Å². The molecule has 13 nitrogen and oxygen atoms in total. The lowest BCUT2D eigenvalue weighted by molar-refractivity contribution is -0.145. The minimum atomic E-state index is -2.23. The third-order valence-corrected chi connectivity index (χ3v) is 5.55. The van der Waals surface area contributed by atoms with Gasteiger partial charge in [-0.1, -0.05) is 13.8 Å². The molecule has 5 atom stereocenters. The van der Waals surface area contributed by atoms with Crippen molar-refractivity contribution in [1.82, 2.24) is 19.1 Å². The van der Waals surface area contributed by atoms with E-state index in [1.54, 1.807) is 13.8 Å². The molecule has 3 rings (SSSR count). The summed E-state index contributed by atoms with van der Waals surface area (Å²) in [6.07, 6.45) is -5.40. The van der Waals surface area contributed by atoms with Crippen LogP contribution in [0.4, 0.5) is 5.95 Å². The van der Waals surface area contributed by atoms with Crippen LogP contribution in [-0.4, -0.2) is 76.2 Å². The van der Waals surface area contributed by atoms with Crippen LogP contribution in [0.1, 0.15) is 31.8 Å². The lowest BCUT2D eigenvalue weighted by Gasteiger charge is -2.30. The number of hydrogen-bond acceptors (Lipinski definition) is 11. The van der Waals surface area contributed by atoms with Gasteiger partial charge in [0.05, 0.1) is 6.61 Å². The summed E-state index contributed by atoms with van der Waals surface area (Å²) in [4.78, 5) is 32.4. The standard InChI is InChI=1S/C16H24N6O7S/c1-5(2)10-19-7-11(26)20-15(17)22(16(18,4-30)14(27)28)12(7)21(10)13-9(25)8(24)6(3-23)29-13/h5-6,8-9,13,23-25,30H,3-4,18H2,1-2H3,(H,27,28)(H2,17,20,26). The molecule has 1 saturated heterocycles. The number of nitrogens with two attached hydrogens (primary N) is 2. The zero-order chi connectivity index (χ0) is 22.5. The maximum atomic E-state index is 12.5. The molecule has 14 heteroatoms. The molecule has 0 aromatic carbocycles. The van der Waals surface area contributed by atoms with Gasteiger partial charge in [0.25, 0.3) is 0 Å². The number of aliphatic hydroxyl groups excluding tert-OH is 3. The number of carboxylic acid groups (broad SMARTS) is 1. The van der Waals surface area contributed by atoms with E-state index in [0.29, 0.717) is 0 Å². The number of rotatable bonds is 6. The Labute approximate surface area is 175 Å². The molecule has 2 aromatic heterocycles. The molecule has 5 unspecified atom stereocenters. The summed E-state index contributed by atoms with van der Waals surface area (Å²) in [7, 11) is 0. The quantitative estimate of drug-likeness (QED) is 0.232. The van der Waals surface area contributed by atoms with E-state index in [9.17, 15) is 30.0 Å². The smallest absolute Gasteiger partial charge is 0.346 e. The summed E-state index contributed by atoms with van der Waals surface area (Å²) in [5.74, 6) is -2.54. The van der Waals surface area contributed by atoms with Crippen LogP contribution in [-0.2, 0) is 15.2 Å². The van der Waals surface area contributed by atoms with E-state index in [1.807, 2.05) is 0 Å². The van der Waals surface area contributed by atoms with Gasteiger partial charge in [-0.05, 0) is 0 Å². The van der Waals surface area contributed by atoms with Gasteiger partial charge in [-0.2, -0.15) is 17.6 Å². The number of aliphatic carboxylic acids is 1. The number of hydrogen-bond donors (Lipinski definition) is 7. The van der Waals surface area contributed by atoms with Crippen molar-refractivity contribution in [2.24, 2.45) is 5.73 Å². The molecule has 0 spiro atoms. The van der Waals surface area contributed by atoms with Crippen molar-refractivity contribution in [2.75, 3.05) is 18.1 Å². The number of ether oxygens (including phenoxy) is 1. The summed E-state index contributed by atoms with van der Waals surface area (Å²) >= 11 is 4.03. The molecule has 1 aliphatic heterocycles. The molecule has 0 bridgehead atoms. The zero-order valence-corrected chi connectivity index (χ0v) is 17.1. The van der Waals surface area contributed by atoms with Crippen LogP contribution in [0.25, 0.3) is 11.2 Å². The SMILES string of the molecule is CC(C)c1nc2c(=O)nc(N)n(C(N)(CS)C(=O)O)c2n1C1OC(CO)C(O)C1O. The molecule has 0 amide bonds. The van der Waals surface area contributed by atoms with Crippen molar-refractivity contribution in [3.8, 4) is 0 Å². The molecular weight excluding hydrogens is 420 g/mol. The fourth-order valence-electron chi connectivity index (χ4n) is 3.49. The molecule has 30 heavy (non-hydrogen) atoms. The second-order valence-corrected chi connectivity index (χ2v) is 7.71. The molecule has 0 saturated carbocycles. The predicted octanol–water partition coefficient (Wildman–Crippen LogP) is -2.46. The van der Waals surface area contributed by atoms with Crippen molar-refractivity contribution in [3.63, 3.8) is 0 Å². The van der Waals surface area contributed by atoms with Crippen molar-refractivity contribution < 1.29 is 30.0 Å². The van der Waals surface area contributed by atoms with Crippen LogP contribution >= 0.6 is 12.6 Å². The normalized spacial score (nSPS) is 26.4. The number of anilines is 1. The molecule has 0 aliphatic carbocycles. The van der Waals surface area contributed by atoms with E-state index in [-0.39, 0.29) is 22.9 Å². The van der Waals surface area contributed by atoms with E-state index >= 15 is 0 Å². The van der Waals surface area contributed by atoms with Crippen LogP contribution in [0, 0.1) is 0 Å². The number of thiol groups is 1. The number of fused-ring (bicyclic) bond motifs is 1. The van der Waals surface area contributed by atoms with Crippen LogP contribution in [0.2, 0.25) is 0 Å². The fourth-order valence-corrected chi connectivity index (χ4v) is 3.77. The first-order chi connectivity index (χ1) is 14.0. The van der Waals surface area contributed by atoms with Gasteiger partial charge in [-0.15, -0.1) is 0 Å². The third kappa shape index (κ3) is 3.16. The van der Waals surface area contributed by atoms with Crippen molar-refractivity contribution >= 4 is 35.7 Å². The minimum absolute atomic E-state index is 0.162. The molecular formula is C16H24N6O7S. The van der Waals surface area contributed by atoms with E-state index in [2.05, 4.69) is 22.6 Å². The Kier molecular flexibility index (Phi) is 5.83. The number of nitrogens with zero attached hydrogens (tertiary/aromatic N) is 4. The van der Waals surface area contributed by atoms with Crippen molar-refractivity contribution in [1.29, 1.82) is 0 Å². The molecule has 2 aromatic rings. The first kappa shape index (κ1) is 22.5. The van der Waals surface area contributed by atoms with Gasteiger partial charge in [0, 0.05) is 11.7 Å². The summed E-state index contributed by atoms with van der Waals surface area (Å²) < 4.78 is 7.77. The van der Waals surface area contributed by atoms with Gasteiger partial charge in [0.1, 0.15) is 24.1 Å². The lowest BCUT2D eigenvalue weighted by Crippen LogP contribution is -2.54. The third-order valence-electron chi connectivity index (χ3n) is 5.07. The van der Waals surface area contributed by atoms with Crippen LogP contribution in [0.3, 0.4) is 0 Å². The lowest BCUT2D eigenvalue weighted by atomic mass is 10.1. The van der Waals surface area contributed by atoms with Crippen LogP contribution in [0.15, 0.2) is 4.79 Å². The highest BCUT2D eigenvalue weighted by molar-refractivity contribution is 7.80. The van der Waals surface area contributed by atoms with Crippen molar-refractivity contribution in [3.05, 3.63) is 16.2 Å². The number of aromatic nitrogens is 4. The summed E-state index contributed by atoms with van der Waals surface area (Å²) in [6.45, 7) is 2.91. The number of aliphatic hydroxyl groups is 3. The molecule has 3 heterocycles. The number of nitrogen functional groups attached to an aromatic ring is 1. The highest BCUT2D eigenvalue weighted by Gasteiger charge is 2.47. The molecule has 166 valence electrons. The van der Waals surface area contributed by atoms with Gasteiger partial charge in [0.15, 0.2) is 17.4 Å². The topological polar surface area (TPSA) is 212 Å². The van der Waals surface area contributed by atoms with E-state index < -0.39 is 60.0 Å². The van der Waals surface area contributed by atoms with Gasteiger partial charge in [-0.3, -0.25) is 19.7 Å². The van der Waals surface area contributed by atoms with Crippen LogP contribution in [0.5, 0.6) is 0 Å². The number of carboxylic acids is 1. The highest BCUT2D eigenvalue weighted by atomic mass is 32.1. The Hall–Kier alpha value is -2.23. The molecule has 0 radical (unpaired) electrons. The fraction of sp³-hybridized carbons (Fsp3) is 0.625. The molecule has 8 N–H and O–H groups in total. The molecule has 1 fully saturated rings. The van der Waals surface area contributed by atoms with Gasteiger partial charge in [0.2, 0.25) is 11.6 Å².